The van der Waals surface area contributed by atoms with Crippen molar-refractivity contribution in [2.24, 2.45) is 0 Å². The Labute approximate surface area is 87.5 Å². The average Bonchev–Trinajstić information content (AvgIpc) is 2.15. The first-order valence-electron chi connectivity index (χ1n) is 5.42. The van der Waals surface area contributed by atoms with Gasteiger partial charge in [-0.1, -0.05) is 0 Å². The second-order valence-electron chi connectivity index (χ2n) is 4.08. The molecule has 15 heavy (non-hydrogen) atoms. The fourth-order valence-corrected chi connectivity index (χ4v) is 2.02. The van der Waals surface area contributed by atoms with Crippen molar-refractivity contribution in [1.82, 2.24) is 15.3 Å². The molecule has 3 heterocycles. The summed E-state index contributed by atoms with van der Waals surface area (Å²) in [5.41, 5.74) is 1.80. The molecule has 0 unspecified atom stereocenters. The van der Waals surface area contributed by atoms with E-state index in [0.29, 0.717) is 6.54 Å². The van der Waals surface area contributed by atoms with E-state index in [1.165, 1.54) is 6.42 Å². The summed E-state index contributed by atoms with van der Waals surface area (Å²) < 4.78 is 0. The molecule has 1 saturated heterocycles. The molecular formula is C10H14N4O. The summed E-state index contributed by atoms with van der Waals surface area (Å²) >= 11 is 0. The topological polar surface area (TPSA) is 61.0 Å². The molecule has 0 aliphatic carbocycles. The summed E-state index contributed by atoms with van der Waals surface area (Å²) in [4.78, 5) is 21.3. The highest BCUT2D eigenvalue weighted by Crippen LogP contribution is 2.16. The quantitative estimate of drug-likeness (QED) is 0.658. The molecule has 5 nitrogen and oxygen atoms in total. The predicted molar refractivity (Wildman–Crippen MR) is 57.1 cm³/mol. The van der Waals surface area contributed by atoms with Gasteiger partial charge in [0.15, 0.2) is 0 Å². The number of rotatable bonds is 1. The third-order valence-corrected chi connectivity index (χ3v) is 3.08. The van der Waals surface area contributed by atoms with Gasteiger partial charge in [-0.15, -0.1) is 0 Å². The first-order valence-corrected chi connectivity index (χ1v) is 5.42. The van der Waals surface area contributed by atoms with Crippen LogP contribution in [0.5, 0.6) is 0 Å². The molecule has 0 atom stereocenters. The molecule has 5 heteroatoms. The number of hydrogen-bond acceptors (Lipinski definition) is 4. The molecule has 0 bridgehead atoms. The second kappa shape index (κ2) is 3.34. The lowest BCUT2D eigenvalue weighted by Crippen LogP contribution is -2.41. The van der Waals surface area contributed by atoms with E-state index in [2.05, 4.69) is 20.2 Å². The SMILES string of the molecule is O=c1[nH]c(N2CCC2)nc2c1CNCC2. The minimum Gasteiger partial charge on any atom is -0.342 e. The van der Waals surface area contributed by atoms with Crippen molar-refractivity contribution in [3.8, 4) is 0 Å². The van der Waals surface area contributed by atoms with Crippen molar-refractivity contribution in [2.45, 2.75) is 19.4 Å². The zero-order chi connectivity index (χ0) is 10.3. The van der Waals surface area contributed by atoms with Crippen molar-refractivity contribution in [2.75, 3.05) is 24.5 Å². The second-order valence-corrected chi connectivity index (χ2v) is 4.08. The maximum absolute atomic E-state index is 11.8. The number of aromatic amines is 1. The summed E-state index contributed by atoms with van der Waals surface area (Å²) in [6.07, 6.45) is 2.06. The molecule has 2 N–H and O–H groups in total. The maximum Gasteiger partial charge on any atom is 0.257 e. The van der Waals surface area contributed by atoms with E-state index < -0.39 is 0 Å². The van der Waals surface area contributed by atoms with Gasteiger partial charge >= 0.3 is 0 Å². The lowest BCUT2D eigenvalue weighted by Gasteiger charge is -2.32. The first-order chi connectivity index (χ1) is 7.34. The number of nitrogens with zero attached hydrogens (tertiary/aromatic N) is 2. The summed E-state index contributed by atoms with van der Waals surface area (Å²) in [5, 5.41) is 3.18. The Kier molecular flexibility index (Phi) is 1.98. The summed E-state index contributed by atoms with van der Waals surface area (Å²) in [6, 6.07) is 0. The molecule has 1 aromatic rings. The van der Waals surface area contributed by atoms with E-state index in [1.807, 2.05) is 0 Å². The highest BCUT2D eigenvalue weighted by atomic mass is 16.1. The monoisotopic (exact) mass is 206 g/mol. The van der Waals surface area contributed by atoms with Gasteiger partial charge in [-0.25, -0.2) is 4.98 Å². The van der Waals surface area contributed by atoms with Crippen LogP contribution < -0.4 is 15.8 Å². The summed E-state index contributed by atoms with van der Waals surface area (Å²) in [6.45, 7) is 3.60. The van der Waals surface area contributed by atoms with Gasteiger partial charge in [0.25, 0.3) is 5.56 Å². The molecule has 0 saturated carbocycles. The predicted octanol–water partition coefficient (Wildman–Crippen LogP) is -0.374. The van der Waals surface area contributed by atoms with Crippen LogP contribution in [0.4, 0.5) is 5.95 Å². The number of anilines is 1. The van der Waals surface area contributed by atoms with Crippen LogP contribution in [0, 0.1) is 0 Å². The fourth-order valence-electron chi connectivity index (χ4n) is 2.02. The lowest BCUT2D eigenvalue weighted by atomic mass is 10.1. The highest BCUT2D eigenvalue weighted by Gasteiger charge is 2.20. The van der Waals surface area contributed by atoms with E-state index in [4.69, 9.17) is 0 Å². The van der Waals surface area contributed by atoms with Gasteiger partial charge in [-0.05, 0) is 6.42 Å². The first kappa shape index (κ1) is 8.91. The van der Waals surface area contributed by atoms with Crippen LogP contribution in [-0.2, 0) is 13.0 Å². The molecule has 2 aliphatic rings. The van der Waals surface area contributed by atoms with Gasteiger partial charge in [0.2, 0.25) is 5.95 Å². The smallest absolute Gasteiger partial charge is 0.257 e. The van der Waals surface area contributed by atoms with Gasteiger partial charge in [-0.3, -0.25) is 9.78 Å². The third kappa shape index (κ3) is 1.43. The van der Waals surface area contributed by atoms with Gasteiger partial charge in [0.1, 0.15) is 0 Å². The number of nitrogens with one attached hydrogen (secondary N) is 2. The largest absolute Gasteiger partial charge is 0.342 e. The van der Waals surface area contributed by atoms with Gasteiger partial charge in [0, 0.05) is 32.6 Å². The standard InChI is InChI=1S/C10H14N4O/c15-9-7-6-11-3-2-8(7)12-10(13-9)14-4-1-5-14/h11H,1-6H2,(H,12,13,15). The van der Waals surface area contributed by atoms with Crippen molar-refractivity contribution >= 4 is 5.95 Å². The molecule has 3 rings (SSSR count). The van der Waals surface area contributed by atoms with E-state index in [9.17, 15) is 4.79 Å². The Bertz CT molecular complexity index is 436. The lowest BCUT2D eigenvalue weighted by molar-refractivity contribution is 0.581. The Morgan fingerprint density at radius 2 is 2.20 bits per heavy atom. The molecule has 2 aliphatic heterocycles. The van der Waals surface area contributed by atoms with E-state index >= 15 is 0 Å². The van der Waals surface area contributed by atoms with Crippen LogP contribution >= 0.6 is 0 Å². The van der Waals surface area contributed by atoms with E-state index in [0.717, 1.165) is 43.3 Å². The van der Waals surface area contributed by atoms with Gasteiger partial charge in [0.05, 0.1) is 11.3 Å². The van der Waals surface area contributed by atoms with E-state index in [1.54, 1.807) is 0 Å². The van der Waals surface area contributed by atoms with Crippen molar-refractivity contribution in [3.63, 3.8) is 0 Å². The summed E-state index contributed by atoms with van der Waals surface area (Å²) in [7, 11) is 0. The van der Waals surface area contributed by atoms with Crippen LogP contribution in [0.25, 0.3) is 0 Å². The Morgan fingerprint density at radius 1 is 1.33 bits per heavy atom. The van der Waals surface area contributed by atoms with Crippen molar-refractivity contribution in [1.29, 1.82) is 0 Å². The van der Waals surface area contributed by atoms with Crippen LogP contribution in [0.15, 0.2) is 4.79 Å². The molecule has 1 aromatic heterocycles. The van der Waals surface area contributed by atoms with Crippen LogP contribution in [0.2, 0.25) is 0 Å². The van der Waals surface area contributed by atoms with Gasteiger partial charge in [-0.2, -0.15) is 0 Å². The third-order valence-electron chi connectivity index (χ3n) is 3.08. The highest BCUT2D eigenvalue weighted by molar-refractivity contribution is 5.36. The fraction of sp³-hybridized carbons (Fsp3) is 0.600. The van der Waals surface area contributed by atoms with Crippen LogP contribution in [-0.4, -0.2) is 29.6 Å². The molecule has 0 aromatic carbocycles. The Hall–Kier alpha value is -1.36. The number of aromatic nitrogens is 2. The Morgan fingerprint density at radius 3 is 2.93 bits per heavy atom. The number of H-pyrrole nitrogens is 1. The molecule has 0 spiro atoms. The average molecular weight is 206 g/mol. The Balaban J connectivity index is 2.04. The molecule has 0 radical (unpaired) electrons. The molecular weight excluding hydrogens is 192 g/mol. The minimum absolute atomic E-state index is 0.0223. The zero-order valence-electron chi connectivity index (χ0n) is 8.55. The van der Waals surface area contributed by atoms with Crippen LogP contribution in [0.1, 0.15) is 17.7 Å². The normalized spacial score (nSPS) is 19.6. The van der Waals surface area contributed by atoms with E-state index in [-0.39, 0.29) is 5.56 Å². The molecule has 0 amide bonds. The summed E-state index contributed by atoms with van der Waals surface area (Å²) in [5.74, 6) is 0.756. The number of fused-ring (bicyclic) bond motifs is 1. The minimum atomic E-state index is 0.0223. The maximum atomic E-state index is 11.8. The van der Waals surface area contributed by atoms with Crippen LogP contribution in [0.3, 0.4) is 0 Å². The zero-order valence-corrected chi connectivity index (χ0v) is 8.55. The molecule has 1 fully saturated rings. The van der Waals surface area contributed by atoms with Gasteiger partial charge < -0.3 is 10.2 Å². The van der Waals surface area contributed by atoms with Crippen molar-refractivity contribution in [3.05, 3.63) is 21.6 Å². The number of hydrogen-bond donors (Lipinski definition) is 2. The molecule has 80 valence electrons. The van der Waals surface area contributed by atoms with Crippen molar-refractivity contribution < 1.29 is 0 Å².